The van der Waals surface area contributed by atoms with Gasteiger partial charge < -0.3 is 15.2 Å². The Kier molecular flexibility index (Phi) is 2.80. The van der Waals surface area contributed by atoms with Gasteiger partial charge in [0, 0.05) is 17.3 Å². The Bertz CT molecular complexity index is 382. The molecule has 0 aromatic heterocycles. The summed E-state index contributed by atoms with van der Waals surface area (Å²) in [4.78, 5) is 0. The summed E-state index contributed by atoms with van der Waals surface area (Å²) >= 11 is 0. The Hall–Kier alpha value is -1.22. The van der Waals surface area contributed by atoms with Crippen LogP contribution in [0.3, 0.4) is 0 Å². The lowest BCUT2D eigenvalue weighted by molar-refractivity contribution is 0.0663. The van der Waals surface area contributed by atoms with Crippen LogP contribution in [0.5, 0.6) is 5.75 Å². The number of hydrogen-bond acceptors (Lipinski definition) is 3. The molecule has 1 heterocycles. The maximum absolute atomic E-state index is 9.81. The lowest BCUT2D eigenvalue weighted by atomic mass is 9.97. The topological polar surface area (TPSA) is 41.5 Å². The highest BCUT2D eigenvalue weighted by atomic mass is 16.5. The van der Waals surface area contributed by atoms with Crippen LogP contribution in [0, 0.1) is 0 Å². The zero-order valence-corrected chi connectivity index (χ0v) is 10.1. The van der Waals surface area contributed by atoms with Gasteiger partial charge in [0.05, 0.1) is 12.7 Å². The summed E-state index contributed by atoms with van der Waals surface area (Å²) in [5, 5.41) is 13.2. The molecule has 0 saturated carbocycles. The second kappa shape index (κ2) is 3.98. The molecule has 3 nitrogen and oxygen atoms in total. The number of rotatable bonds is 3. The molecule has 2 rings (SSSR count). The Morgan fingerprint density at radius 3 is 2.88 bits per heavy atom. The molecule has 1 atom stereocenters. The predicted octanol–water partition coefficient (Wildman–Crippen LogP) is 2.19. The third kappa shape index (κ3) is 2.30. The second-order valence-corrected chi connectivity index (χ2v) is 5.05. The van der Waals surface area contributed by atoms with Crippen molar-refractivity contribution in [3.05, 3.63) is 23.8 Å². The summed E-state index contributed by atoms with van der Waals surface area (Å²) in [5.41, 5.74) is 1.72. The van der Waals surface area contributed by atoms with E-state index in [1.54, 1.807) is 7.11 Å². The van der Waals surface area contributed by atoms with E-state index in [9.17, 15) is 5.11 Å². The maximum atomic E-state index is 9.81. The van der Waals surface area contributed by atoms with E-state index in [2.05, 4.69) is 11.4 Å². The van der Waals surface area contributed by atoms with Crippen LogP contribution < -0.4 is 10.1 Å². The molecule has 88 valence electrons. The van der Waals surface area contributed by atoms with Gasteiger partial charge in [-0.25, -0.2) is 0 Å². The van der Waals surface area contributed by atoms with Crippen molar-refractivity contribution in [1.29, 1.82) is 0 Å². The standard InChI is InChI=1S/C13H19NO2/c1-13(2,15)8-9-7-10-11(14-9)5-4-6-12(10)16-3/h4-6,9,14-15H,7-8H2,1-3H3. The number of nitrogens with one attached hydrogen (secondary N) is 1. The first-order chi connectivity index (χ1) is 7.49. The first-order valence-electron chi connectivity index (χ1n) is 5.64. The highest BCUT2D eigenvalue weighted by molar-refractivity contribution is 5.62. The van der Waals surface area contributed by atoms with Gasteiger partial charge in [0.25, 0.3) is 0 Å². The summed E-state index contributed by atoms with van der Waals surface area (Å²) < 4.78 is 5.33. The van der Waals surface area contributed by atoms with E-state index in [1.807, 2.05) is 26.0 Å². The number of methoxy groups -OCH3 is 1. The zero-order chi connectivity index (χ0) is 11.8. The van der Waals surface area contributed by atoms with Crippen molar-refractivity contribution >= 4 is 5.69 Å². The smallest absolute Gasteiger partial charge is 0.124 e. The molecule has 1 aromatic carbocycles. The van der Waals surface area contributed by atoms with E-state index in [4.69, 9.17) is 4.74 Å². The van der Waals surface area contributed by atoms with Crippen LogP contribution in [0.15, 0.2) is 18.2 Å². The van der Waals surface area contributed by atoms with E-state index in [-0.39, 0.29) is 0 Å². The fourth-order valence-electron chi connectivity index (χ4n) is 2.35. The van der Waals surface area contributed by atoms with Crippen LogP contribution in [0.2, 0.25) is 0 Å². The van der Waals surface area contributed by atoms with Gasteiger partial charge in [-0.1, -0.05) is 6.07 Å². The van der Waals surface area contributed by atoms with Gasteiger partial charge in [0.2, 0.25) is 0 Å². The highest BCUT2D eigenvalue weighted by Crippen LogP contribution is 2.35. The second-order valence-electron chi connectivity index (χ2n) is 5.05. The van der Waals surface area contributed by atoms with Crippen LogP contribution in [0.1, 0.15) is 25.8 Å². The molecular formula is C13H19NO2. The van der Waals surface area contributed by atoms with Gasteiger partial charge in [0.1, 0.15) is 5.75 Å². The molecule has 16 heavy (non-hydrogen) atoms. The van der Waals surface area contributed by atoms with Gasteiger partial charge in [-0.05, 0) is 38.8 Å². The van der Waals surface area contributed by atoms with Crippen LogP contribution >= 0.6 is 0 Å². The minimum absolute atomic E-state index is 0.297. The lowest BCUT2D eigenvalue weighted by Crippen LogP contribution is -2.29. The maximum Gasteiger partial charge on any atom is 0.124 e. The van der Waals surface area contributed by atoms with Crippen molar-refractivity contribution in [2.24, 2.45) is 0 Å². The van der Waals surface area contributed by atoms with Crippen LogP contribution in [-0.4, -0.2) is 23.9 Å². The number of benzene rings is 1. The molecule has 1 aromatic rings. The minimum atomic E-state index is -0.632. The van der Waals surface area contributed by atoms with Crippen LogP contribution in [0.25, 0.3) is 0 Å². The molecular weight excluding hydrogens is 202 g/mol. The first kappa shape index (κ1) is 11.3. The number of anilines is 1. The summed E-state index contributed by atoms with van der Waals surface area (Å²) in [6.45, 7) is 3.68. The number of fused-ring (bicyclic) bond motifs is 1. The predicted molar refractivity (Wildman–Crippen MR) is 65.0 cm³/mol. The molecule has 0 bridgehead atoms. The van der Waals surface area contributed by atoms with Crippen molar-refractivity contribution < 1.29 is 9.84 Å². The first-order valence-corrected chi connectivity index (χ1v) is 5.64. The molecule has 3 heteroatoms. The normalized spacial score (nSPS) is 19.1. The number of hydrogen-bond donors (Lipinski definition) is 2. The molecule has 1 aliphatic rings. The molecule has 2 N–H and O–H groups in total. The Labute approximate surface area is 96.4 Å². The summed E-state index contributed by atoms with van der Waals surface area (Å²) in [7, 11) is 1.69. The third-order valence-electron chi connectivity index (χ3n) is 2.91. The zero-order valence-electron chi connectivity index (χ0n) is 10.1. The van der Waals surface area contributed by atoms with Gasteiger partial charge >= 0.3 is 0 Å². The highest BCUT2D eigenvalue weighted by Gasteiger charge is 2.27. The Morgan fingerprint density at radius 2 is 2.25 bits per heavy atom. The summed E-state index contributed by atoms with van der Waals surface area (Å²) in [6.07, 6.45) is 1.66. The van der Waals surface area contributed by atoms with Crippen molar-refractivity contribution in [1.82, 2.24) is 0 Å². The molecule has 0 saturated heterocycles. The fraction of sp³-hybridized carbons (Fsp3) is 0.538. The molecule has 0 spiro atoms. The molecule has 1 aliphatic heterocycles. The van der Waals surface area contributed by atoms with Crippen molar-refractivity contribution in [2.45, 2.75) is 38.3 Å². The van der Waals surface area contributed by atoms with E-state index >= 15 is 0 Å². The molecule has 0 radical (unpaired) electrons. The Balaban J connectivity index is 2.15. The van der Waals surface area contributed by atoms with Crippen molar-refractivity contribution in [3.63, 3.8) is 0 Å². The minimum Gasteiger partial charge on any atom is -0.496 e. The Morgan fingerprint density at radius 1 is 1.50 bits per heavy atom. The largest absolute Gasteiger partial charge is 0.496 e. The molecule has 0 amide bonds. The van der Waals surface area contributed by atoms with Gasteiger partial charge in [-0.3, -0.25) is 0 Å². The van der Waals surface area contributed by atoms with Crippen LogP contribution in [0.4, 0.5) is 5.69 Å². The number of aliphatic hydroxyl groups is 1. The monoisotopic (exact) mass is 221 g/mol. The third-order valence-corrected chi connectivity index (χ3v) is 2.91. The molecule has 0 aliphatic carbocycles. The van der Waals surface area contributed by atoms with E-state index in [1.165, 1.54) is 5.56 Å². The van der Waals surface area contributed by atoms with Gasteiger partial charge in [-0.2, -0.15) is 0 Å². The number of ether oxygens (including phenoxy) is 1. The lowest BCUT2D eigenvalue weighted by Gasteiger charge is -2.22. The van der Waals surface area contributed by atoms with Crippen molar-refractivity contribution in [3.8, 4) is 5.75 Å². The average Bonchev–Trinajstić information content (AvgIpc) is 2.56. The van der Waals surface area contributed by atoms with E-state index in [0.29, 0.717) is 6.04 Å². The summed E-state index contributed by atoms with van der Waals surface area (Å²) in [6, 6.07) is 6.32. The van der Waals surface area contributed by atoms with Gasteiger partial charge in [-0.15, -0.1) is 0 Å². The SMILES string of the molecule is COc1cccc2c1CC(CC(C)(C)O)N2. The quantitative estimate of drug-likeness (QED) is 0.822. The fourth-order valence-corrected chi connectivity index (χ4v) is 2.35. The summed E-state index contributed by atoms with van der Waals surface area (Å²) in [5.74, 6) is 0.934. The van der Waals surface area contributed by atoms with E-state index < -0.39 is 5.60 Å². The van der Waals surface area contributed by atoms with Crippen LogP contribution in [-0.2, 0) is 6.42 Å². The molecule has 0 fully saturated rings. The van der Waals surface area contributed by atoms with Crippen molar-refractivity contribution in [2.75, 3.05) is 12.4 Å². The van der Waals surface area contributed by atoms with Gasteiger partial charge in [0.15, 0.2) is 0 Å². The average molecular weight is 221 g/mol. The molecule has 1 unspecified atom stereocenters. The van der Waals surface area contributed by atoms with E-state index in [0.717, 1.165) is 24.3 Å².